The van der Waals surface area contributed by atoms with Crippen LogP contribution < -0.4 is 15.4 Å². The van der Waals surface area contributed by atoms with Crippen LogP contribution in [0.4, 0.5) is 11.4 Å². The normalized spacial score (nSPS) is 10.7. The fourth-order valence-electron chi connectivity index (χ4n) is 4.23. The average Bonchev–Trinajstić information content (AvgIpc) is 2.98. The highest BCUT2D eigenvalue weighted by Crippen LogP contribution is 2.22. The zero-order valence-electron chi connectivity index (χ0n) is 23.6. The number of rotatable bonds is 12. The van der Waals surface area contributed by atoms with E-state index < -0.39 is 0 Å². The van der Waals surface area contributed by atoms with E-state index in [0.29, 0.717) is 28.1 Å². The zero-order valence-corrected chi connectivity index (χ0v) is 24.4. The number of carbonyl (C=O) groups excluding carboxylic acids is 3. The van der Waals surface area contributed by atoms with Crippen molar-refractivity contribution in [1.82, 2.24) is 4.72 Å². The topological polar surface area (TPSA) is 87.3 Å². The van der Waals surface area contributed by atoms with Gasteiger partial charge >= 0.3 is 0 Å². The summed E-state index contributed by atoms with van der Waals surface area (Å²) in [6, 6.07) is 28.3. The summed E-state index contributed by atoms with van der Waals surface area (Å²) >= 11 is 1.49. The standard InChI is InChI=1S/C34H35N3O3S/c1-4-20-35-41-30-7-5-6-28(22-30)33(39)37-32-19-8-23(2)21-31(32)34(40)36-29-17-13-26(14-18-29)10-9-25-11-15-27(16-12-25)24(3)38/h5-8,11-19,21-22,35H,4,9-10,20H2,1-3H3,(H,36,40)(H,37,39). The van der Waals surface area contributed by atoms with Crippen molar-refractivity contribution in [2.75, 3.05) is 17.2 Å². The van der Waals surface area contributed by atoms with Crippen molar-refractivity contribution < 1.29 is 14.4 Å². The summed E-state index contributed by atoms with van der Waals surface area (Å²) in [5.41, 5.74) is 5.99. The van der Waals surface area contributed by atoms with E-state index >= 15 is 0 Å². The molecular formula is C34H35N3O3S. The number of ketones is 1. The van der Waals surface area contributed by atoms with Gasteiger partial charge in [0.15, 0.2) is 5.78 Å². The van der Waals surface area contributed by atoms with Gasteiger partial charge in [-0.25, -0.2) is 0 Å². The largest absolute Gasteiger partial charge is 0.322 e. The van der Waals surface area contributed by atoms with E-state index in [1.54, 1.807) is 25.1 Å². The predicted molar refractivity (Wildman–Crippen MR) is 168 cm³/mol. The summed E-state index contributed by atoms with van der Waals surface area (Å²) in [6.07, 6.45) is 2.72. The Morgan fingerprint density at radius 1 is 0.732 bits per heavy atom. The molecule has 0 saturated heterocycles. The second-order valence-electron chi connectivity index (χ2n) is 9.93. The average molecular weight is 566 g/mol. The maximum atomic E-state index is 13.3. The summed E-state index contributed by atoms with van der Waals surface area (Å²) in [5.74, 6) is -0.509. The van der Waals surface area contributed by atoms with Crippen molar-refractivity contribution in [1.29, 1.82) is 0 Å². The minimum absolute atomic E-state index is 0.0641. The number of anilines is 2. The first-order valence-electron chi connectivity index (χ1n) is 13.7. The molecule has 0 bridgehead atoms. The number of carbonyl (C=O) groups is 3. The number of hydrogen-bond acceptors (Lipinski definition) is 5. The van der Waals surface area contributed by atoms with Crippen molar-refractivity contribution in [3.05, 3.63) is 124 Å². The van der Waals surface area contributed by atoms with E-state index in [1.807, 2.05) is 79.7 Å². The summed E-state index contributed by atoms with van der Waals surface area (Å²) in [4.78, 5) is 38.8. The van der Waals surface area contributed by atoms with Gasteiger partial charge in [-0.2, -0.15) is 0 Å². The van der Waals surface area contributed by atoms with Gasteiger partial charge in [0.1, 0.15) is 0 Å². The third kappa shape index (κ3) is 8.64. The van der Waals surface area contributed by atoms with Crippen LogP contribution in [0.15, 0.2) is 95.9 Å². The van der Waals surface area contributed by atoms with Crippen LogP contribution in [-0.2, 0) is 12.8 Å². The highest BCUT2D eigenvalue weighted by Gasteiger charge is 2.16. The summed E-state index contributed by atoms with van der Waals surface area (Å²) in [5, 5.41) is 5.88. The molecule has 210 valence electrons. The number of Topliss-reactive ketones (excluding diaryl/α,β-unsaturated/α-hetero) is 1. The summed E-state index contributed by atoms with van der Waals surface area (Å²) in [7, 11) is 0. The molecule has 2 amide bonds. The predicted octanol–water partition coefficient (Wildman–Crippen LogP) is 7.49. The van der Waals surface area contributed by atoms with Crippen molar-refractivity contribution >= 4 is 40.9 Å². The van der Waals surface area contributed by atoms with Gasteiger partial charge in [0.05, 0.1) is 11.3 Å². The summed E-state index contributed by atoms with van der Waals surface area (Å²) in [6.45, 7) is 6.46. The first-order chi connectivity index (χ1) is 19.8. The van der Waals surface area contributed by atoms with E-state index in [0.717, 1.165) is 41.8 Å². The molecule has 0 fully saturated rings. The lowest BCUT2D eigenvalue weighted by Crippen LogP contribution is -2.18. The quantitative estimate of drug-likeness (QED) is 0.0941. The van der Waals surface area contributed by atoms with Crippen LogP contribution in [0.3, 0.4) is 0 Å². The van der Waals surface area contributed by atoms with Gasteiger partial charge in [-0.1, -0.05) is 61.0 Å². The molecule has 0 spiro atoms. The highest BCUT2D eigenvalue weighted by molar-refractivity contribution is 7.97. The molecule has 0 aromatic heterocycles. The molecule has 0 saturated carbocycles. The zero-order chi connectivity index (χ0) is 29.2. The molecule has 0 aliphatic rings. The molecule has 0 aliphatic heterocycles. The monoisotopic (exact) mass is 565 g/mol. The summed E-state index contributed by atoms with van der Waals surface area (Å²) < 4.78 is 3.27. The van der Waals surface area contributed by atoms with Gasteiger partial charge in [0.2, 0.25) is 0 Å². The Balaban J connectivity index is 1.39. The number of amides is 2. The molecule has 0 heterocycles. The fraction of sp³-hybridized carbons (Fsp3) is 0.206. The molecule has 0 atom stereocenters. The van der Waals surface area contributed by atoms with E-state index in [-0.39, 0.29) is 17.6 Å². The molecule has 0 radical (unpaired) electrons. The molecule has 0 unspecified atom stereocenters. The molecule has 0 aliphatic carbocycles. The highest BCUT2D eigenvalue weighted by atomic mass is 32.2. The second kappa shape index (κ2) is 14.4. The number of nitrogens with one attached hydrogen (secondary N) is 3. The number of benzene rings is 4. The van der Waals surface area contributed by atoms with Crippen molar-refractivity contribution in [2.24, 2.45) is 0 Å². The van der Waals surface area contributed by atoms with Crippen LogP contribution in [0.5, 0.6) is 0 Å². The molecule has 6 nitrogen and oxygen atoms in total. The minimum atomic E-state index is -0.296. The van der Waals surface area contributed by atoms with Crippen molar-refractivity contribution in [2.45, 2.75) is 44.9 Å². The van der Waals surface area contributed by atoms with Crippen LogP contribution in [0.1, 0.15) is 68.0 Å². The van der Waals surface area contributed by atoms with Crippen LogP contribution >= 0.6 is 11.9 Å². The molecule has 4 aromatic rings. The van der Waals surface area contributed by atoms with Crippen LogP contribution in [0.25, 0.3) is 0 Å². The van der Waals surface area contributed by atoms with E-state index in [2.05, 4.69) is 22.3 Å². The lowest BCUT2D eigenvalue weighted by molar-refractivity contribution is 0.101. The van der Waals surface area contributed by atoms with Crippen LogP contribution in [0, 0.1) is 6.92 Å². The molecule has 4 rings (SSSR count). The first kappa shape index (κ1) is 29.8. The van der Waals surface area contributed by atoms with Gasteiger partial charge in [-0.3, -0.25) is 19.1 Å². The van der Waals surface area contributed by atoms with Crippen molar-refractivity contribution in [3.63, 3.8) is 0 Å². The van der Waals surface area contributed by atoms with Crippen molar-refractivity contribution in [3.8, 4) is 0 Å². The molecule has 7 heteroatoms. The smallest absolute Gasteiger partial charge is 0.257 e. The Labute approximate surface area is 246 Å². The molecule has 4 aromatic carbocycles. The van der Waals surface area contributed by atoms with Gasteiger partial charge in [0.25, 0.3) is 11.8 Å². The Bertz CT molecular complexity index is 1520. The Morgan fingerprint density at radius 3 is 2.07 bits per heavy atom. The number of hydrogen-bond donors (Lipinski definition) is 3. The van der Waals surface area contributed by atoms with Crippen LogP contribution in [-0.4, -0.2) is 24.1 Å². The van der Waals surface area contributed by atoms with E-state index in [9.17, 15) is 14.4 Å². The Morgan fingerprint density at radius 2 is 1.41 bits per heavy atom. The van der Waals surface area contributed by atoms with Gasteiger partial charge in [0, 0.05) is 28.3 Å². The SMILES string of the molecule is CCCNSc1cccc(C(=O)Nc2ccc(C)cc2C(=O)Nc2ccc(CCc3ccc(C(C)=O)cc3)cc2)c1. The van der Waals surface area contributed by atoms with E-state index in [4.69, 9.17) is 0 Å². The third-order valence-electron chi connectivity index (χ3n) is 6.58. The molecular weight excluding hydrogens is 530 g/mol. The maximum absolute atomic E-state index is 13.3. The van der Waals surface area contributed by atoms with Gasteiger partial charge in [-0.15, -0.1) is 0 Å². The third-order valence-corrected chi connectivity index (χ3v) is 7.42. The number of aryl methyl sites for hydroxylation is 3. The Hall–Kier alpha value is -4.20. The first-order valence-corrected chi connectivity index (χ1v) is 14.6. The lowest BCUT2D eigenvalue weighted by atomic mass is 10.0. The van der Waals surface area contributed by atoms with Crippen LogP contribution in [0.2, 0.25) is 0 Å². The van der Waals surface area contributed by atoms with E-state index in [1.165, 1.54) is 17.5 Å². The molecule has 41 heavy (non-hydrogen) atoms. The lowest BCUT2D eigenvalue weighted by Gasteiger charge is -2.13. The maximum Gasteiger partial charge on any atom is 0.257 e. The second-order valence-corrected chi connectivity index (χ2v) is 10.9. The fourth-order valence-corrected chi connectivity index (χ4v) is 5.04. The molecule has 3 N–H and O–H groups in total. The Kier molecular flexibility index (Phi) is 10.5. The van der Waals surface area contributed by atoms with Gasteiger partial charge in [-0.05, 0) is 98.6 Å². The minimum Gasteiger partial charge on any atom is -0.322 e. The van der Waals surface area contributed by atoms with Gasteiger partial charge < -0.3 is 10.6 Å².